The Kier molecular flexibility index (Phi) is 10.8. The third kappa shape index (κ3) is 7.26. The van der Waals surface area contributed by atoms with Crippen molar-refractivity contribution < 1.29 is 0 Å². The van der Waals surface area contributed by atoms with Gasteiger partial charge in [0.1, 0.15) is 6.07 Å². The predicted molar refractivity (Wildman–Crippen MR) is 348 cm³/mol. The Labute approximate surface area is 492 Å². The molecular weight excluding hydrogens is 1050 g/mol. The average Bonchev–Trinajstić information content (AvgIpc) is 1.63. The lowest BCUT2D eigenvalue weighted by Gasteiger charge is -2.17. The standard InChI is InChI=1S/C77H45N9/c78-46-51-22-10-11-27-55(51)62-45-50(37-41-68(62)86-67-35-19-15-31-61(67)72-70(86)43-39-59-57-29-13-17-33-65(57)84(74(59)72)54-25-8-3-9-26-54)77-81-75(48-20-4-1-5-21-48)80-76(82-77)49-36-40-63(52(44-49)47-79)85-66-34-18-14-30-60(66)71-69(85)42-38-58-56-28-12-16-32-64(56)83(73(58)71)53-23-6-2-7-24-53/h1-45H. The van der Waals surface area contributed by atoms with Gasteiger partial charge in [-0.2, -0.15) is 10.5 Å². The maximum atomic E-state index is 11.3. The zero-order chi connectivity index (χ0) is 57.0. The van der Waals surface area contributed by atoms with Gasteiger partial charge in [-0.05, 0) is 103 Å². The Morgan fingerprint density at radius 1 is 0.267 bits per heavy atom. The Morgan fingerprint density at radius 3 is 1.20 bits per heavy atom. The van der Waals surface area contributed by atoms with Crippen LogP contribution in [0, 0.1) is 22.7 Å². The van der Waals surface area contributed by atoms with Gasteiger partial charge in [0.05, 0.1) is 72.7 Å². The minimum absolute atomic E-state index is 0.413. The number of nitrogens with zero attached hydrogens (tertiary/aromatic N) is 9. The molecule has 0 saturated heterocycles. The van der Waals surface area contributed by atoms with E-state index in [1.54, 1.807) is 0 Å². The van der Waals surface area contributed by atoms with Crippen molar-refractivity contribution in [3.05, 3.63) is 284 Å². The number of hydrogen-bond donors (Lipinski definition) is 0. The van der Waals surface area contributed by atoms with Crippen molar-refractivity contribution in [1.29, 1.82) is 10.5 Å². The lowest BCUT2D eigenvalue weighted by Crippen LogP contribution is -2.03. The highest BCUT2D eigenvalue weighted by molar-refractivity contribution is 6.28. The number of nitriles is 2. The first-order chi connectivity index (χ1) is 42.6. The van der Waals surface area contributed by atoms with Gasteiger partial charge in [0.2, 0.25) is 0 Å². The fraction of sp³-hybridized carbons (Fsp3) is 0. The molecule has 0 amide bonds. The van der Waals surface area contributed by atoms with Crippen LogP contribution >= 0.6 is 0 Å². The first kappa shape index (κ1) is 48.5. The summed E-state index contributed by atoms with van der Waals surface area (Å²) in [6, 6.07) is 99.3. The Hall–Kier alpha value is -12.2. The van der Waals surface area contributed by atoms with Crippen LogP contribution in [-0.4, -0.2) is 33.2 Å². The van der Waals surface area contributed by atoms with Crippen LogP contribution < -0.4 is 0 Å². The number of rotatable bonds is 8. The van der Waals surface area contributed by atoms with E-state index in [0.717, 1.165) is 116 Å². The van der Waals surface area contributed by atoms with Gasteiger partial charge < -0.3 is 18.3 Å². The molecule has 0 N–H and O–H groups in total. The van der Waals surface area contributed by atoms with Gasteiger partial charge in [-0.1, -0.05) is 170 Å². The molecule has 0 bridgehead atoms. The normalized spacial score (nSPS) is 11.7. The highest BCUT2D eigenvalue weighted by Gasteiger charge is 2.26. The van der Waals surface area contributed by atoms with Crippen molar-refractivity contribution in [2.45, 2.75) is 0 Å². The molecule has 0 radical (unpaired) electrons. The molecule has 0 saturated carbocycles. The summed E-state index contributed by atoms with van der Waals surface area (Å²) in [5.74, 6) is 1.34. The van der Waals surface area contributed by atoms with Crippen molar-refractivity contribution in [1.82, 2.24) is 33.2 Å². The molecule has 17 rings (SSSR count). The average molecular weight is 1100 g/mol. The number of hydrogen-bond acceptors (Lipinski definition) is 5. The van der Waals surface area contributed by atoms with E-state index in [9.17, 15) is 10.5 Å². The molecule has 0 atom stereocenters. The number of benzene rings is 12. The van der Waals surface area contributed by atoms with E-state index in [1.807, 2.05) is 78.9 Å². The molecule has 0 aliphatic carbocycles. The largest absolute Gasteiger partial charge is 0.309 e. The molecule has 5 heterocycles. The minimum atomic E-state index is 0.413. The topological polar surface area (TPSA) is 106 Å². The second-order valence-corrected chi connectivity index (χ2v) is 21.7. The Morgan fingerprint density at radius 2 is 0.674 bits per heavy atom. The molecule has 12 aromatic carbocycles. The van der Waals surface area contributed by atoms with E-state index < -0.39 is 0 Å². The number of para-hydroxylation sites is 6. The van der Waals surface area contributed by atoms with Gasteiger partial charge in [0.25, 0.3) is 0 Å². The van der Waals surface area contributed by atoms with Crippen LogP contribution in [0.5, 0.6) is 0 Å². The molecule has 0 aliphatic rings. The molecule has 9 heteroatoms. The van der Waals surface area contributed by atoms with Crippen LogP contribution in [0.2, 0.25) is 0 Å². The SMILES string of the molecule is N#Cc1ccccc1-c1cc(-c2nc(-c3ccccc3)nc(-c3ccc(-n4c5ccccc5c5c4ccc4c6ccccc6n(-c6ccccc6)c45)c(C#N)c3)n2)ccc1-n1c2ccccc2c2c1ccc1c3ccccc3n(-c3ccccc3)c12. The number of aromatic nitrogens is 7. The summed E-state index contributed by atoms with van der Waals surface area (Å²) >= 11 is 0. The van der Waals surface area contributed by atoms with E-state index >= 15 is 0 Å². The van der Waals surface area contributed by atoms with E-state index in [1.165, 1.54) is 16.2 Å². The fourth-order valence-corrected chi connectivity index (χ4v) is 13.4. The smallest absolute Gasteiger partial charge is 0.164 e. The van der Waals surface area contributed by atoms with Crippen molar-refractivity contribution in [3.8, 4) is 80.2 Å². The van der Waals surface area contributed by atoms with Crippen molar-refractivity contribution >= 4 is 87.2 Å². The van der Waals surface area contributed by atoms with Crippen LogP contribution in [-0.2, 0) is 0 Å². The first-order valence-electron chi connectivity index (χ1n) is 28.6. The van der Waals surface area contributed by atoms with E-state index in [-0.39, 0.29) is 0 Å². The van der Waals surface area contributed by atoms with Gasteiger partial charge in [-0.25, -0.2) is 15.0 Å². The van der Waals surface area contributed by atoms with Crippen molar-refractivity contribution in [3.63, 3.8) is 0 Å². The third-order valence-electron chi connectivity index (χ3n) is 17.1. The second kappa shape index (κ2) is 19.2. The molecule has 398 valence electrons. The maximum Gasteiger partial charge on any atom is 0.164 e. The van der Waals surface area contributed by atoms with Crippen LogP contribution in [0.4, 0.5) is 0 Å². The van der Waals surface area contributed by atoms with Gasteiger partial charge in [-0.3, -0.25) is 0 Å². The highest BCUT2D eigenvalue weighted by Crippen LogP contribution is 2.46. The highest BCUT2D eigenvalue weighted by atomic mass is 15.1. The summed E-state index contributed by atoms with van der Waals surface area (Å²) in [7, 11) is 0. The summed E-state index contributed by atoms with van der Waals surface area (Å²) in [5.41, 5.74) is 17.1. The third-order valence-corrected chi connectivity index (χ3v) is 17.1. The van der Waals surface area contributed by atoms with Crippen molar-refractivity contribution in [2.75, 3.05) is 0 Å². The molecule has 0 aliphatic heterocycles. The van der Waals surface area contributed by atoms with Crippen LogP contribution in [0.3, 0.4) is 0 Å². The molecular formula is C77H45N9. The predicted octanol–water partition coefficient (Wildman–Crippen LogP) is 18.7. The fourth-order valence-electron chi connectivity index (χ4n) is 13.4. The van der Waals surface area contributed by atoms with Crippen LogP contribution in [0.25, 0.3) is 155 Å². The van der Waals surface area contributed by atoms with E-state index in [0.29, 0.717) is 34.2 Å². The Balaban J connectivity index is 0.865. The Bertz CT molecular complexity index is 5740. The van der Waals surface area contributed by atoms with Crippen molar-refractivity contribution in [2.24, 2.45) is 0 Å². The second-order valence-electron chi connectivity index (χ2n) is 21.7. The molecule has 9 nitrogen and oxygen atoms in total. The zero-order valence-corrected chi connectivity index (χ0v) is 46.0. The molecule has 0 fully saturated rings. The lowest BCUT2D eigenvalue weighted by atomic mass is 9.96. The molecule has 17 aromatic rings. The zero-order valence-electron chi connectivity index (χ0n) is 46.0. The molecule has 5 aromatic heterocycles. The van der Waals surface area contributed by atoms with Gasteiger partial charge in [0.15, 0.2) is 17.5 Å². The summed E-state index contributed by atoms with van der Waals surface area (Å²) < 4.78 is 9.32. The maximum absolute atomic E-state index is 11.3. The number of fused-ring (bicyclic) bond motifs is 14. The monoisotopic (exact) mass is 1100 g/mol. The van der Waals surface area contributed by atoms with E-state index in [4.69, 9.17) is 15.0 Å². The summed E-state index contributed by atoms with van der Waals surface area (Å²) in [6.07, 6.45) is 0. The van der Waals surface area contributed by atoms with Gasteiger partial charge in [-0.15, -0.1) is 0 Å². The summed E-state index contributed by atoms with van der Waals surface area (Å²) in [5, 5.41) is 31.2. The van der Waals surface area contributed by atoms with Crippen LogP contribution in [0.15, 0.2) is 273 Å². The lowest BCUT2D eigenvalue weighted by molar-refractivity contribution is 1.07. The van der Waals surface area contributed by atoms with Gasteiger partial charge in [0, 0.05) is 82.3 Å². The molecule has 86 heavy (non-hydrogen) atoms. The van der Waals surface area contributed by atoms with E-state index in [2.05, 4.69) is 225 Å². The first-order valence-corrected chi connectivity index (χ1v) is 28.6. The van der Waals surface area contributed by atoms with Gasteiger partial charge >= 0.3 is 0 Å². The quantitative estimate of drug-likeness (QED) is 0.151. The summed E-state index contributed by atoms with van der Waals surface area (Å²) in [6.45, 7) is 0. The minimum Gasteiger partial charge on any atom is -0.309 e. The molecule has 0 unspecified atom stereocenters. The summed E-state index contributed by atoms with van der Waals surface area (Å²) in [4.78, 5) is 15.7. The van der Waals surface area contributed by atoms with Crippen LogP contribution in [0.1, 0.15) is 11.1 Å². The molecule has 0 spiro atoms.